The van der Waals surface area contributed by atoms with E-state index in [1.807, 2.05) is 76.7 Å². The highest BCUT2D eigenvalue weighted by Crippen LogP contribution is 2.27. The number of para-hydroxylation sites is 1. The molecule has 1 amide bonds. The normalized spacial score (nSPS) is 10.6. The Labute approximate surface area is 188 Å². The first-order valence-corrected chi connectivity index (χ1v) is 11.4. The maximum absolute atomic E-state index is 12.4. The van der Waals surface area contributed by atoms with E-state index >= 15 is 0 Å². The highest BCUT2D eigenvalue weighted by Gasteiger charge is 2.15. The van der Waals surface area contributed by atoms with Gasteiger partial charge in [0.2, 0.25) is 5.91 Å². The predicted molar refractivity (Wildman–Crippen MR) is 126 cm³/mol. The number of hydrogen-bond donors (Lipinski definition) is 1. The Balaban J connectivity index is 1.35. The van der Waals surface area contributed by atoms with E-state index in [1.54, 1.807) is 17.4 Å². The van der Waals surface area contributed by atoms with Crippen LogP contribution in [0.5, 0.6) is 11.5 Å². The summed E-state index contributed by atoms with van der Waals surface area (Å²) in [5.41, 5.74) is 0.706. The molecule has 0 radical (unpaired) electrons. The number of benzene rings is 2. The van der Waals surface area contributed by atoms with Crippen molar-refractivity contribution in [2.45, 2.75) is 11.7 Å². The average Bonchev–Trinajstić information content (AvgIpc) is 3.45. The van der Waals surface area contributed by atoms with E-state index in [4.69, 9.17) is 4.74 Å². The predicted octanol–water partition coefficient (Wildman–Crippen LogP) is 5.72. The van der Waals surface area contributed by atoms with Gasteiger partial charge >= 0.3 is 0 Å². The Morgan fingerprint density at radius 3 is 2.55 bits per heavy atom. The van der Waals surface area contributed by atoms with Gasteiger partial charge in [0.1, 0.15) is 11.5 Å². The summed E-state index contributed by atoms with van der Waals surface area (Å²) in [7, 11) is 0. The molecule has 31 heavy (non-hydrogen) atoms. The van der Waals surface area contributed by atoms with E-state index < -0.39 is 0 Å². The number of thiophene rings is 1. The van der Waals surface area contributed by atoms with Gasteiger partial charge in [-0.2, -0.15) is 0 Å². The molecule has 8 heteroatoms. The van der Waals surface area contributed by atoms with Crippen LogP contribution in [0, 0.1) is 0 Å². The summed E-state index contributed by atoms with van der Waals surface area (Å²) in [6.45, 7) is 4.39. The number of anilines is 1. The largest absolute Gasteiger partial charge is 0.457 e. The third-order valence-corrected chi connectivity index (χ3v) is 6.05. The molecule has 2 aromatic heterocycles. The van der Waals surface area contributed by atoms with Crippen molar-refractivity contribution in [2.24, 2.45) is 0 Å². The average molecular weight is 449 g/mol. The molecule has 0 saturated heterocycles. The smallest absolute Gasteiger partial charge is 0.234 e. The maximum atomic E-state index is 12.4. The molecule has 0 aliphatic heterocycles. The second kappa shape index (κ2) is 10.1. The van der Waals surface area contributed by atoms with Crippen LogP contribution in [0.1, 0.15) is 0 Å². The van der Waals surface area contributed by atoms with Crippen molar-refractivity contribution in [1.82, 2.24) is 14.8 Å². The molecule has 2 aromatic carbocycles. The zero-order chi connectivity index (χ0) is 21.5. The number of nitrogens with zero attached hydrogens (tertiary/aromatic N) is 3. The first-order chi connectivity index (χ1) is 15.2. The van der Waals surface area contributed by atoms with Crippen LogP contribution in [-0.4, -0.2) is 26.4 Å². The summed E-state index contributed by atoms with van der Waals surface area (Å²) in [5.74, 6) is 2.36. The molecule has 0 spiro atoms. The second-order valence-corrected chi connectivity index (χ2v) is 8.35. The fourth-order valence-electron chi connectivity index (χ4n) is 2.84. The van der Waals surface area contributed by atoms with E-state index in [0.717, 1.165) is 16.5 Å². The van der Waals surface area contributed by atoms with Crippen molar-refractivity contribution in [3.8, 4) is 22.2 Å². The first kappa shape index (κ1) is 20.9. The molecule has 0 saturated carbocycles. The third kappa shape index (κ3) is 5.42. The molecule has 0 unspecified atom stereocenters. The van der Waals surface area contributed by atoms with Gasteiger partial charge in [0.15, 0.2) is 11.0 Å². The van der Waals surface area contributed by atoms with Crippen LogP contribution >= 0.6 is 23.1 Å². The van der Waals surface area contributed by atoms with E-state index in [0.29, 0.717) is 23.1 Å². The number of carbonyl (C=O) groups is 1. The quantitative estimate of drug-likeness (QED) is 0.262. The Kier molecular flexibility index (Phi) is 6.81. The van der Waals surface area contributed by atoms with Gasteiger partial charge in [-0.15, -0.1) is 28.1 Å². The Morgan fingerprint density at radius 1 is 1.06 bits per heavy atom. The highest BCUT2D eigenvalue weighted by atomic mass is 32.2. The number of amides is 1. The van der Waals surface area contributed by atoms with E-state index in [2.05, 4.69) is 22.1 Å². The van der Waals surface area contributed by atoms with Crippen LogP contribution in [0.4, 0.5) is 5.69 Å². The molecule has 6 nitrogen and oxygen atoms in total. The van der Waals surface area contributed by atoms with Crippen molar-refractivity contribution in [1.29, 1.82) is 0 Å². The Bertz CT molecular complexity index is 1140. The van der Waals surface area contributed by atoms with Gasteiger partial charge in [-0.1, -0.05) is 42.1 Å². The van der Waals surface area contributed by atoms with Gasteiger partial charge in [0, 0.05) is 12.2 Å². The lowest BCUT2D eigenvalue weighted by atomic mass is 10.3. The number of hydrogen-bond acceptors (Lipinski definition) is 6. The van der Waals surface area contributed by atoms with E-state index in [1.165, 1.54) is 11.8 Å². The third-order valence-electron chi connectivity index (χ3n) is 4.22. The molecule has 156 valence electrons. The summed E-state index contributed by atoms with van der Waals surface area (Å²) < 4.78 is 7.74. The number of aromatic nitrogens is 3. The van der Waals surface area contributed by atoms with Gasteiger partial charge < -0.3 is 10.1 Å². The number of carbonyl (C=O) groups excluding carboxylic acids is 1. The zero-order valence-corrected chi connectivity index (χ0v) is 18.2. The second-order valence-electron chi connectivity index (χ2n) is 6.46. The zero-order valence-electron chi connectivity index (χ0n) is 16.6. The fourth-order valence-corrected chi connectivity index (χ4v) is 4.30. The lowest BCUT2D eigenvalue weighted by Crippen LogP contribution is -2.14. The molecule has 0 fully saturated rings. The summed E-state index contributed by atoms with van der Waals surface area (Å²) in [5, 5.41) is 14.1. The number of thioether (sulfide) groups is 1. The van der Waals surface area contributed by atoms with Crippen LogP contribution in [-0.2, 0) is 11.3 Å². The number of rotatable bonds is 9. The minimum atomic E-state index is -0.118. The fraction of sp³-hybridized carbons (Fsp3) is 0.0870. The lowest BCUT2D eigenvalue weighted by Gasteiger charge is -2.09. The molecule has 4 rings (SSSR count). The van der Waals surface area contributed by atoms with Crippen LogP contribution in [0.25, 0.3) is 10.7 Å². The van der Waals surface area contributed by atoms with Crippen molar-refractivity contribution in [3.63, 3.8) is 0 Å². The summed E-state index contributed by atoms with van der Waals surface area (Å²) in [6, 6.07) is 20.8. The lowest BCUT2D eigenvalue weighted by molar-refractivity contribution is -0.113. The van der Waals surface area contributed by atoms with Crippen molar-refractivity contribution in [2.75, 3.05) is 11.1 Å². The minimum Gasteiger partial charge on any atom is -0.457 e. The number of allylic oxidation sites excluding steroid dienone is 1. The molecule has 0 aliphatic rings. The molecule has 4 aromatic rings. The van der Waals surface area contributed by atoms with Crippen LogP contribution < -0.4 is 10.1 Å². The van der Waals surface area contributed by atoms with Gasteiger partial charge in [-0.05, 0) is 47.8 Å². The molecular weight excluding hydrogens is 428 g/mol. The highest BCUT2D eigenvalue weighted by molar-refractivity contribution is 7.99. The molecule has 2 heterocycles. The maximum Gasteiger partial charge on any atom is 0.234 e. The topological polar surface area (TPSA) is 69.0 Å². The van der Waals surface area contributed by atoms with Crippen LogP contribution in [0.3, 0.4) is 0 Å². The minimum absolute atomic E-state index is 0.118. The van der Waals surface area contributed by atoms with Gasteiger partial charge in [-0.3, -0.25) is 9.36 Å². The van der Waals surface area contributed by atoms with Crippen molar-refractivity contribution >= 4 is 34.7 Å². The van der Waals surface area contributed by atoms with Crippen molar-refractivity contribution < 1.29 is 9.53 Å². The molecular formula is C23H20N4O2S2. The van der Waals surface area contributed by atoms with Crippen LogP contribution in [0.15, 0.2) is 89.9 Å². The van der Waals surface area contributed by atoms with E-state index in [-0.39, 0.29) is 11.7 Å². The number of ether oxygens (including phenoxy) is 1. The van der Waals surface area contributed by atoms with Gasteiger partial charge in [0.25, 0.3) is 0 Å². The standard InChI is InChI=1S/C23H20N4O2S2/c1-2-14-27-22(20-9-6-15-30-20)25-26-23(27)31-16-21(28)24-17-10-12-19(13-11-17)29-18-7-4-3-5-8-18/h2-13,15H,1,14,16H2,(H,24,28). The Morgan fingerprint density at radius 2 is 1.84 bits per heavy atom. The molecule has 0 bridgehead atoms. The summed E-state index contributed by atoms with van der Waals surface area (Å²) >= 11 is 2.95. The number of nitrogens with one attached hydrogen (secondary N) is 1. The molecule has 0 atom stereocenters. The van der Waals surface area contributed by atoms with Crippen LogP contribution in [0.2, 0.25) is 0 Å². The van der Waals surface area contributed by atoms with E-state index in [9.17, 15) is 4.79 Å². The Hall–Kier alpha value is -3.36. The molecule has 1 N–H and O–H groups in total. The first-order valence-electron chi connectivity index (χ1n) is 9.56. The monoisotopic (exact) mass is 448 g/mol. The SMILES string of the molecule is C=CCn1c(SCC(=O)Nc2ccc(Oc3ccccc3)cc2)nnc1-c1cccs1. The van der Waals surface area contributed by atoms with Gasteiger partial charge in [0.05, 0.1) is 10.6 Å². The molecule has 0 aliphatic carbocycles. The summed E-state index contributed by atoms with van der Waals surface area (Å²) in [6.07, 6.45) is 1.80. The van der Waals surface area contributed by atoms with Crippen molar-refractivity contribution in [3.05, 3.63) is 84.8 Å². The van der Waals surface area contributed by atoms with Gasteiger partial charge in [-0.25, -0.2) is 0 Å². The summed E-state index contributed by atoms with van der Waals surface area (Å²) in [4.78, 5) is 13.5.